The van der Waals surface area contributed by atoms with E-state index in [4.69, 9.17) is 4.74 Å². The number of esters is 1. The van der Waals surface area contributed by atoms with Crippen molar-refractivity contribution >= 4 is 27.3 Å². The van der Waals surface area contributed by atoms with E-state index < -0.39 is 16.0 Å². The molecule has 23 heavy (non-hydrogen) atoms. The van der Waals surface area contributed by atoms with Crippen molar-refractivity contribution in [3.05, 3.63) is 57.3 Å². The summed E-state index contributed by atoms with van der Waals surface area (Å²) in [5.41, 5.74) is 1.79. The van der Waals surface area contributed by atoms with E-state index in [-0.39, 0.29) is 11.3 Å². The lowest BCUT2D eigenvalue weighted by Crippen LogP contribution is -2.28. The van der Waals surface area contributed by atoms with Crippen LogP contribution in [0, 0.1) is 6.92 Å². The summed E-state index contributed by atoms with van der Waals surface area (Å²) in [5, 5.41) is 1.94. The van der Waals surface area contributed by atoms with Crippen molar-refractivity contribution in [1.29, 1.82) is 0 Å². The largest absolute Gasteiger partial charge is 0.465 e. The monoisotopic (exact) mass is 353 g/mol. The van der Waals surface area contributed by atoms with Crippen LogP contribution in [0.2, 0.25) is 0 Å². The van der Waals surface area contributed by atoms with E-state index in [1.165, 1.54) is 22.8 Å². The van der Waals surface area contributed by atoms with Gasteiger partial charge in [0.25, 0.3) is 0 Å². The summed E-state index contributed by atoms with van der Waals surface area (Å²) in [6.07, 6.45) is 0. The molecule has 2 rings (SSSR count). The molecule has 0 saturated carbocycles. The van der Waals surface area contributed by atoms with Crippen molar-refractivity contribution in [2.24, 2.45) is 0 Å². The third-order valence-electron chi connectivity index (χ3n) is 3.57. The van der Waals surface area contributed by atoms with Crippen molar-refractivity contribution < 1.29 is 17.9 Å². The first kappa shape index (κ1) is 17.7. The fraction of sp³-hybridized carbons (Fsp3) is 0.312. The number of carbonyl (C=O) groups is 1. The molecule has 5 nitrogen and oxygen atoms in total. The highest BCUT2D eigenvalue weighted by Crippen LogP contribution is 2.21. The molecule has 0 atom stereocenters. The summed E-state index contributed by atoms with van der Waals surface area (Å²) < 4.78 is 31.2. The van der Waals surface area contributed by atoms with E-state index in [0.717, 1.165) is 10.4 Å². The fourth-order valence-corrected chi connectivity index (χ4v) is 4.36. The number of benzene rings is 1. The van der Waals surface area contributed by atoms with Crippen molar-refractivity contribution in [2.75, 3.05) is 14.2 Å². The van der Waals surface area contributed by atoms with Gasteiger partial charge in [-0.3, -0.25) is 0 Å². The van der Waals surface area contributed by atoms with Crippen LogP contribution in [-0.4, -0.2) is 32.8 Å². The van der Waals surface area contributed by atoms with Crippen molar-refractivity contribution in [3.8, 4) is 0 Å². The molecule has 0 N–H and O–H groups in total. The summed E-state index contributed by atoms with van der Waals surface area (Å²) in [5.74, 6) is -0.772. The Bertz CT molecular complexity index is 796. The fourth-order valence-electron chi connectivity index (χ4n) is 2.13. The quantitative estimate of drug-likeness (QED) is 0.749. The molecule has 0 bridgehead atoms. The van der Waals surface area contributed by atoms with Gasteiger partial charge in [0.2, 0.25) is 10.0 Å². The van der Waals surface area contributed by atoms with Crippen LogP contribution in [0.15, 0.2) is 35.7 Å². The van der Waals surface area contributed by atoms with E-state index in [2.05, 4.69) is 0 Å². The van der Waals surface area contributed by atoms with E-state index >= 15 is 0 Å². The Labute approximate surface area is 140 Å². The molecule has 0 amide bonds. The first-order valence-corrected chi connectivity index (χ1v) is 9.47. The van der Waals surface area contributed by atoms with Gasteiger partial charge >= 0.3 is 5.97 Å². The molecule has 0 spiro atoms. The maximum absolute atomic E-state index is 12.6. The van der Waals surface area contributed by atoms with Crippen LogP contribution in [0.4, 0.5) is 0 Å². The SMILES string of the molecule is COC(=O)c1ccccc1CS(=O)(=O)N(C)Cc1sccc1C. The van der Waals surface area contributed by atoms with Gasteiger partial charge in [-0.1, -0.05) is 18.2 Å². The van der Waals surface area contributed by atoms with Gasteiger partial charge in [0.1, 0.15) is 0 Å². The highest BCUT2D eigenvalue weighted by Gasteiger charge is 2.23. The lowest BCUT2D eigenvalue weighted by molar-refractivity contribution is 0.0600. The Hall–Kier alpha value is -1.70. The first-order valence-electron chi connectivity index (χ1n) is 6.98. The minimum atomic E-state index is -3.54. The lowest BCUT2D eigenvalue weighted by atomic mass is 10.1. The molecule has 1 aromatic carbocycles. The van der Waals surface area contributed by atoms with Gasteiger partial charge in [0.05, 0.1) is 18.4 Å². The number of sulfonamides is 1. The summed E-state index contributed by atoms with van der Waals surface area (Å²) in [6.45, 7) is 2.28. The smallest absolute Gasteiger partial charge is 0.338 e. The van der Waals surface area contributed by atoms with E-state index in [0.29, 0.717) is 12.1 Å². The van der Waals surface area contributed by atoms with Crippen LogP contribution >= 0.6 is 11.3 Å². The number of aryl methyl sites for hydroxylation is 1. The van der Waals surface area contributed by atoms with E-state index in [1.54, 1.807) is 31.3 Å². The van der Waals surface area contributed by atoms with Gasteiger partial charge in [-0.15, -0.1) is 11.3 Å². The van der Waals surface area contributed by atoms with Crippen LogP contribution in [0.25, 0.3) is 0 Å². The Balaban J connectivity index is 2.21. The van der Waals surface area contributed by atoms with Gasteiger partial charge in [-0.05, 0) is 35.6 Å². The van der Waals surface area contributed by atoms with Crippen molar-refractivity contribution in [1.82, 2.24) is 4.31 Å². The molecule has 0 radical (unpaired) electrons. The van der Waals surface area contributed by atoms with Gasteiger partial charge in [-0.2, -0.15) is 4.31 Å². The predicted octanol–water partition coefficient (Wildman–Crippen LogP) is 2.80. The van der Waals surface area contributed by atoms with Gasteiger partial charge in [0, 0.05) is 18.5 Å². The molecule has 0 saturated heterocycles. The van der Waals surface area contributed by atoms with Crippen molar-refractivity contribution in [3.63, 3.8) is 0 Å². The maximum Gasteiger partial charge on any atom is 0.338 e. The maximum atomic E-state index is 12.6. The lowest BCUT2D eigenvalue weighted by Gasteiger charge is -2.18. The molecular formula is C16H19NO4S2. The number of hydrogen-bond donors (Lipinski definition) is 0. The second kappa shape index (κ2) is 7.25. The molecule has 7 heteroatoms. The minimum absolute atomic E-state index is 0.237. The molecule has 1 aromatic heterocycles. The summed E-state index contributed by atoms with van der Waals surface area (Å²) in [4.78, 5) is 12.8. The number of hydrogen-bond acceptors (Lipinski definition) is 5. The normalized spacial score (nSPS) is 11.7. The molecular weight excluding hydrogens is 334 g/mol. The molecule has 0 aliphatic heterocycles. The van der Waals surface area contributed by atoms with Gasteiger partial charge < -0.3 is 4.74 Å². The number of nitrogens with zero attached hydrogens (tertiary/aromatic N) is 1. The van der Waals surface area contributed by atoms with E-state index in [9.17, 15) is 13.2 Å². The van der Waals surface area contributed by atoms with Crippen LogP contribution in [0.1, 0.15) is 26.4 Å². The summed E-state index contributed by atoms with van der Waals surface area (Å²) in [7, 11) is -0.710. The zero-order valence-electron chi connectivity index (χ0n) is 13.3. The Morgan fingerprint density at radius 2 is 1.96 bits per heavy atom. The molecule has 0 aliphatic rings. The number of thiophene rings is 1. The number of rotatable bonds is 6. The molecule has 0 aliphatic carbocycles. The average molecular weight is 353 g/mol. The molecule has 1 heterocycles. The van der Waals surface area contributed by atoms with Gasteiger partial charge in [-0.25, -0.2) is 13.2 Å². The zero-order valence-corrected chi connectivity index (χ0v) is 14.9. The summed E-state index contributed by atoms with van der Waals surface area (Å²) in [6, 6.07) is 8.56. The van der Waals surface area contributed by atoms with Crippen LogP contribution < -0.4 is 0 Å². The third-order valence-corrected chi connectivity index (χ3v) is 6.33. The molecule has 0 unspecified atom stereocenters. The van der Waals surface area contributed by atoms with Crippen LogP contribution in [0.3, 0.4) is 0 Å². The Morgan fingerprint density at radius 1 is 1.26 bits per heavy atom. The standard InChI is InChI=1S/C16H19NO4S2/c1-12-8-9-22-15(12)10-17(2)23(19,20)11-13-6-4-5-7-14(13)16(18)21-3/h4-9H,10-11H2,1-3H3. The number of methoxy groups -OCH3 is 1. The second-order valence-corrected chi connectivity index (χ2v) is 8.26. The number of carbonyl (C=O) groups excluding carboxylic acids is 1. The highest BCUT2D eigenvalue weighted by atomic mass is 32.2. The minimum Gasteiger partial charge on any atom is -0.465 e. The van der Waals surface area contributed by atoms with Crippen molar-refractivity contribution in [2.45, 2.75) is 19.2 Å². The first-order chi connectivity index (χ1) is 10.8. The number of ether oxygens (including phenoxy) is 1. The molecule has 2 aromatic rings. The van der Waals surface area contributed by atoms with Gasteiger partial charge in [0.15, 0.2) is 0 Å². The van der Waals surface area contributed by atoms with E-state index in [1.807, 2.05) is 18.4 Å². The van der Waals surface area contributed by atoms with Crippen LogP contribution in [0.5, 0.6) is 0 Å². The highest BCUT2D eigenvalue weighted by molar-refractivity contribution is 7.88. The second-order valence-electron chi connectivity index (χ2n) is 5.19. The Kier molecular flexibility index (Phi) is 5.56. The predicted molar refractivity (Wildman–Crippen MR) is 90.9 cm³/mol. The zero-order chi connectivity index (χ0) is 17.0. The molecule has 0 fully saturated rings. The Morgan fingerprint density at radius 3 is 2.57 bits per heavy atom. The third kappa shape index (κ3) is 4.19. The molecule has 124 valence electrons. The topological polar surface area (TPSA) is 63.7 Å². The average Bonchev–Trinajstić information content (AvgIpc) is 2.92. The summed E-state index contributed by atoms with van der Waals surface area (Å²) >= 11 is 1.53. The van der Waals surface area contributed by atoms with Crippen LogP contribution in [-0.2, 0) is 27.1 Å².